The zero-order chi connectivity index (χ0) is 54.2. The van der Waals surface area contributed by atoms with Crippen LogP contribution in [0.4, 0.5) is 0 Å². The van der Waals surface area contributed by atoms with Gasteiger partial charge in [-0.3, -0.25) is 0 Å². The van der Waals surface area contributed by atoms with E-state index < -0.39 is 0 Å². The Bertz CT molecular complexity index is 2580. The maximum atomic E-state index is 6.44. The molecule has 0 aliphatic heterocycles. The van der Waals surface area contributed by atoms with Gasteiger partial charge in [0.1, 0.15) is 17.2 Å². The number of hydrogen-bond donors (Lipinski definition) is 0. The van der Waals surface area contributed by atoms with Gasteiger partial charge in [-0.2, -0.15) is 0 Å². The van der Waals surface area contributed by atoms with Gasteiger partial charge in [-0.05, 0) is 153 Å². The molecule has 3 nitrogen and oxygen atoms in total. The highest BCUT2D eigenvalue weighted by Crippen LogP contribution is 2.29. The van der Waals surface area contributed by atoms with Crippen LogP contribution >= 0.6 is 0 Å². The van der Waals surface area contributed by atoms with E-state index in [0.29, 0.717) is 19.8 Å². The van der Waals surface area contributed by atoms with Crippen LogP contribution in [0.25, 0.3) is 0 Å². The van der Waals surface area contributed by atoms with Crippen molar-refractivity contribution in [2.75, 3.05) is 19.8 Å². The minimum atomic E-state index is 0.626. The zero-order valence-electron chi connectivity index (χ0n) is 48.2. The first kappa shape index (κ1) is 63.8. The lowest BCUT2D eigenvalue weighted by molar-refractivity contribution is 0.294. The van der Waals surface area contributed by atoms with E-state index in [1.54, 1.807) is 13.8 Å². The Hall–Kier alpha value is -6.46. The monoisotopic (exact) mass is 1020 g/mol. The molecule has 0 aliphatic rings. The summed E-state index contributed by atoms with van der Waals surface area (Å²) in [5.74, 6) is 51.0. The SMILES string of the molecule is CC#CC#Cc1cc(C#CC#CC)cc(C#CC#Cc2cc(C#CC#Cc3cc(OCCCCCCCCCCCC)c(C)cc3OCCCCCCCCCCCC)ccc2OCCCCCCCCCCCC)c1. The van der Waals surface area contributed by atoms with E-state index in [1.165, 1.54) is 167 Å². The quantitative estimate of drug-likeness (QED) is 0.0429. The molecule has 0 aliphatic carbocycles. The number of ether oxygens (including phenoxy) is 3. The molecule has 0 N–H and O–H groups in total. The van der Waals surface area contributed by atoms with Gasteiger partial charge < -0.3 is 14.2 Å². The molecule has 0 heterocycles. The van der Waals surface area contributed by atoms with E-state index >= 15 is 0 Å². The number of hydrogen-bond acceptors (Lipinski definition) is 3. The molecule has 0 aromatic heterocycles. The predicted molar refractivity (Wildman–Crippen MR) is 324 cm³/mol. The van der Waals surface area contributed by atoms with Crippen LogP contribution in [-0.2, 0) is 0 Å². The molecule has 0 radical (unpaired) electrons. The Morgan fingerprint density at radius 3 is 1.00 bits per heavy atom. The van der Waals surface area contributed by atoms with Gasteiger partial charge in [-0.1, -0.05) is 230 Å². The van der Waals surface area contributed by atoms with Crippen LogP contribution < -0.4 is 14.2 Å². The summed E-state index contributed by atoms with van der Waals surface area (Å²) in [6.45, 7) is 14.4. The topological polar surface area (TPSA) is 27.7 Å². The molecular weight excluding hydrogens is 925 g/mol. The van der Waals surface area contributed by atoms with Crippen LogP contribution in [0.5, 0.6) is 17.2 Å². The lowest BCUT2D eigenvalue weighted by Gasteiger charge is -2.14. The summed E-state index contributed by atoms with van der Waals surface area (Å²) in [4.78, 5) is 0. The summed E-state index contributed by atoms with van der Waals surface area (Å²) in [6.07, 6.45) is 38.5. The summed E-state index contributed by atoms with van der Waals surface area (Å²) < 4.78 is 19.2. The van der Waals surface area contributed by atoms with Crippen LogP contribution in [0.1, 0.15) is 266 Å². The van der Waals surface area contributed by atoms with Crippen LogP contribution in [0.15, 0.2) is 48.5 Å². The third-order valence-electron chi connectivity index (χ3n) is 13.2. The maximum Gasteiger partial charge on any atom is 0.135 e. The Morgan fingerprint density at radius 2 is 0.605 bits per heavy atom. The van der Waals surface area contributed by atoms with Crippen LogP contribution in [0.2, 0.25) is 0 Å². The average molecular weight is 1020 g/mol. The first-order valence-corrected chi connectivity index (χ1v) is 29.7. The van der Waals surface area contributed by atoms with Gasteiger partial charge in [0.05, 0.1) is 30.9 Å². The molecule has 3 heteroatoms. The van der Waals surface area contributed by atoms with Crippen LogP contribution in [0, 0.1) is 102 Å². The second-order valence-corrected chi connectivity index (χ2v) is 20.0. The molecule has 76 heavy (non-hydrogen) atoms. The normalized spacial score (nSPS) is 9.82. The Balaban J connectivity index is 1.82. The van der Waals surface area contributed by atoms with E-state index in [2.05, 4.69) is 128 Å². The first-order chi connectivity index (χ1) is 37.5. The molecule has 402 valence electrons. The molecular formula is C73H92O3. The minimum absolute atomic E-state index is 0.626. The van der Waals surface area contributed by atoms with Crippen molar-refractivity contribution in [3.63, 3.8) is 0 Å². The van der Waals surface area contributed by atoms with Gasteiger partial charge in [-0.25, -0.2) is 0 Å². The fourth-order valence-electron chi connectivity index (χ4n) is 8.76. The third-order valence-corrected chi connectivity index (χ3v) is 13.2. The Morgan fingerprint density at radius 1 is 0.289 bits per heavy atom. The average Bonchev–Trinajstić information content (AvgIpc) is 3.42. The highest BCUT2D eigenvalue weighted by atomic mass is 16.5. The molecule has 3 aromatic carbocycles. The van der Waals surface area contributed by atoms with Crippen molar-refractivity contribution in [3.8, 4) is 112 Å². The summed E-state index contributed by atoms with van der Waals surface area (Å²) in [6, 6.07) is 15.8. The van der Waals surface area contributed by atoms with E-state index in [9.17, 15) is 0 Å². The van der Waals surface area contributed by atoms with Crippen LogP contribution in [0.3, 0.4) is 0 Å². The molecule has 0 amide bonds. The number of rotatable bonds is 36. The van der Waals surface area contributed by atoms with E-state index in [4.69, 9.17) is 14.2 Å². The predicted octanol–water partition coefficient (Wildman–Crippen LogP) is 18.5. The molecule has 0 saturated heterocycles. The van der Waals surface area contributed by atoms with Crippen LogP contribution in [-0.4, -0.2) is 19.8 Å². The standard InChI is InChI=1S/C73H92O3/c1-7-12-17-20-23-26-29-32-35-44-55-74-71-54-53-65(62-69(71)51-43-41-50-68-60-66(48-38-15-10-4)59-67(61-68)49-39-16-11-5)47-40-42-52-70-63-72(75-56-45-36-33-30-27-24-21-18-13-8-2)64(6)58-73(70)76-57-46-37-34-31-28-25-22-19-14-9-3/h53-54,58-63H,7-9,12-14,17-37,44-46,55-57H2,1-6H3. The number of aryl methyl sites for hydroxylation is 1. The van der Waals surface area contributed by atoms with Gasteiger partial charge >= 0.3 is 0 Å². The Kier molecular flexibility index (Phi) is 37.6. The van der Waals surface area contributed by atoms with Crippen molar-refractivity contribution in [2.24, 2.45) is 0 Å². The van der Waals surface area contributed by atoms with Crippen molar-refractivity contribution in [1.29, 1.82) is 0 Å². The molecule has 0 saturated carbocycles. The molecule has 0 fully saturated rings. The highest BCUT2D eigenvalue weighted by Gasteiger charge is 2.10. The summed E-state index contributed by atoms with van der Waals surface area (Å²) in [7, 11) is 0. The molecule has 0 spiro atoms. The molecule has 0 unspecified atom stereocenters. The third kappa shape index (κ3) is 31.4. The largest absolute Gasteiger partial charge is 0.493 e. The first-order valence-electron chi connectivity index (χ1n) is 29.7. The second-order valence-electron chi connectivity index (χ2n) is 20.0. The smallest absolute Gasteiger partial charge is 0.135 e. The Labute approximate surface area is 465 Å². The fourth-order valence-corrected chi connectivity index (χ4v) is 8.76. The molecule has 0 atom stereocenters. The fraction of sp³-hybridized carbons (Fsp3) is 0.534. The lowest BCUT2D eigenvalue weighted by atomic mass is 10.1. The van der Waals surface area contributed by atoms with E-state index in [-0.39, 0.29) is 0 Å². The van der Waals surface area contributed by atoms with Gasteiger partial charge in [0.25, 0.3) is 0 Å². The summed E-state index contributed by atoms with van der Waals surface area (Å²) >= 11 is 0. The minimum Gasteiger partial charge on any atom is -0.493 e. The van der Waals surface area contributed by atoms with Crippen molar-refractivity contribution in [2.45, 2.75) is 234 Å². The van der Waals surface area contributed by atoms with Gasteiger partial charge in [0, 0.05) is 22.3 Å². The molecule has 3 aromatic rings. The highest BCUT2D eigenvalue weighted by molar-refractivity contribution is 5.58. The van der Waals surface area contributed by atoms with Crippen molar-refractivity contribution < 1.29 is 14.2 Å². The zero-order valence-corrected chi connectivity index (χ0v) is 48.2. The summed E-state index contributed by atoms with van der Waals surface area (Å²) in [5.41, 5.74) is 5.69. The van der Waals surface area contributed by atoms with Crippen molar-refractivity contribution in [3.05, 3.63) is 87.5 Å². The van der Waals surface area contributed by atoms with Gasteiger partial charge in [-0.15, -0.1) is 0 Å². The molecule has 3 rings (SSSR count). The lowest BCUT2D eigenvalue weighted by Crippen LogP contribution is -2.03. The van der Waals surface area contributed by atoms with Gasteiger partial charge in [0.15, 0.2) is 0 Å². The maximum absolute atomic E-state index is 6.44. The summed E-state index contributed by atoms with van der Waals surface area (Å²) in [5, 5.41) is 0. The number of unbranched alkanes of at least 4 members (excludes halogenated alkanes) is 27. The van der Waals surface area contributed by atoms with E-state index in [1.807, 2.05) is 42.5 Å². The van der Waals surface area contributed by atoms with Gasteiger partial charge in [0.2, 0.25) is 0 Å². The van der Waals surface area contributed by atoms with Crippen molar-refractivity contribution in [1.82, 2.24) is 0 Å². The van der Waals surface area contributed by atoms with E-state index in [0.717, 1.165) is 81.9 Å². The number of benzene rings is 3. The second kappa shape index (κ2) is 44.8. The van der Waals surface area contributed by atoms with Crippen molar-refractivity contribution >= 4 is 0 Å². The molecule has 0 bridgehead atoms.